The standard InChI is InChI=1S/C11H10NO2S.Y/c1-7-6-12-11(15-7)8-3-4-9(13)10(5-8)14-2;/h3-5,13H,1-2H3;/q-1;. The van der Waals surface area contributed by atoms with Crippen LogP contribution in [0.15, 0.2) is 18.2 Å². The number of hydrogen-bond acceptors (Lipinski definition) is 4. The second kappa shape index (κ2) is 5.76. The average Bonchev–Trinajstić information content (AvgIpc) is 2.66. The van der Waals surface area contributed by atoms with Gasteiger partial charge in [0.1, 0.15) is 0 Å². The summed E-state index contributed by atoms with van der Waals surface area (Å²) >= 11 is 1.56. The number of hydrogen-bond donors (Lipinski definition) is 1. The van der Waals surface area contributed by atoms with Gasteiger partial charge < -0.3 is 14.8 Å². The Labute approximate surface area is 123 Å². The number of rotatable bonds is 2. The van der Waals surface area contributed by atoms with Crippen molar-refractivity contribution < 1.29 is 42.6 Å². The smallest absolute Gasteiger partial charge is 0.159 e. The maximum Gasteiger partial charge on any atom is 0.159 e. The molecule has 0 saturated carbocycles. The Balaban J connectivity index is 0.00000128. The van der Waals surface area contributed by atoms with Crippen molar-refractivity contribution in [2.45, 2.75) is 6.92 Å². The molecule has 0 aliphatic carbocycles. The number of ether oxygens (including phenoxy) is 1. The minimum absolute atomic E-state index is 0. The summed E-state index contributed by atoms with van der Waals surface area (Å²) in [4.78, 5) is 5.19. The molecule has 0 unspecified atom stereocenters. The van der Waals surface area contributed by atoms with Gasteiger partial charge in [-0.1, -0.05) is 16.5 Å². The van der Waals surface area contributed by atoms with Crippen molar-refractivity contribution in [2.75, 3.05) is 7.11 Å². The summed E-state index contributed by atoms with van der Waals surface area (Å²) in [5, 5.41) is 10.3. The molecule has 0 amide bonds. The molecule has 16 heavy (non-hydrogen) atoms. The van der Waals surface area contributed by atoms with Crippen LogP contribution in [0.4, 0.5) is 0 Å². The fourth-order valence-electron chi connectivity index (χ4n) is 1.25. The predicted octanol–water partition coefficient (Wildman–Crippen LogP) is 2.63. The third kappa shape index (κ3) is 2.81. The molecule has 2 aromatic rings. The van der Waals surface area contributed by atoms with E-state index in [1.54, 1.807) is 23.5 Å². The second-order valence-corrected chi connectivity index (χ2v) is 4.28. The quantitative estimate of drug-likeness (QED) is 0.867. The molecular weight excluding hydrogens is 299 g/mol. The first-order valence-electron chi connectivity index (χ1n) is 4.43. The van der Waals surface area contributed by atoms with Crippen molar-refractivity contribution in [1.82, 2.24) is 4.98 Å². The summed E-state index contributed by atoms with van der Waals surface area (Å²) in [5.74, 6) is 0.596. The first kappa shape index (κ1) is 13.6. The van der Waals surface area contributed by atoms with Gasteiger partial charge in [-0.2, -0.15) is 0 Å². The summed E-state index contributed by atoms with van der Waals surface area (Å²) in [6.45, 7) is 1.96. The van der Waals surface area contributed by atoms with E-state index in [1.807, 2.05) is 13.0 Å². The summed E-state index contributed by atoms with van der Waals surface area (Å²) < 4.78 is 5.03. The van der Waals surface area contributed by atoms with Gasteiger partial charge >= 0.3 is 0 Å². The van der Waals surface area contributed by atoms with Gasteiger partial charge in [-0.25, -0.2) is 11.3 Å². The Morgan fingerprint density at radius 1 is 1.44 bits per heavy atom. The van der Waals surface area contributed by atoms with E-state index < -0.39 is 0 Å². The maximum atomic E-state index is 9.44. The van der Waals surface area contributed by atoms with Crippen molar-refractivity contribution in [3.8, 4) is 22.1 Å². The first-order valence-corrected chi connectivity index (χ1v) is 5.25. The van der Waals surface area contributed by atoms with E-state index in [1.165, 1.54) is 7.11 Å². The number of aromatic nitrogens is 1. The van der Waals surface area contributed by atoms with Crippen LogP contribution in [0.3, 0.4) is 0 Å². The molecule has 5 heteroatoms. The largest absolute Gasteiger partial charge is 0.504 e. The van der Waals surface area contributed by atoms with Crippen LogP contribution in [-0.2, 0) is 32.7 Å². The molecule has 0 bridgehead atoms. The van der Waals surface area contributed by atoms with Gasteiger partial charge in [0.05, 0.1) is 7.11 Å². The Kier molecular flexibility index (Phi) is 4.90. The van der Waals surface area contributed by atoms with Crippen molar-refractivity contribution >= 4 is 11.3 Å². The molecule has 1 heterocycles. The SMILES string of the molecule is COc1cc(-c2n[c-]c(C)s2)ccc1O.[Y]. The number of benzene rings is 1. The van der Waals surface area contributed by atoms with Crippen molar-refractivity contribution in [3.63, 3.8) is 0 Å². The molecule has 0 aliphatic rings. The van der Waals surface area contributed by atoms with E-state index in [0.717, 1.165) is 15.4 Å². The first-order chi connectivity index (χ1) is 7.20. The van der Waals surface area contributed by atoms with Gasteiger partial charge in [0.15, 0.2) is 11.5 Å². The number of nitrogens with zero attached hydrogens (tertiary/aromatic N) is 1. The Morgan fingerprint density at radius 3 is 2.75 bits per heavy atom. The topological polar surface area (TPSA) is 42.4 Å². The van der Waals surface area contributed by atoms with Gasteiger partial charge in [-0.05, 0) is 24.1 Å². The molecule has 0 atom stereocenters. The zero-order valence-electron chi connectivity index (χ0n) is 9.02. The van der Waals surface area contributed by atoms with Crippen molar-refractivity contribution in [3.05, 3.63) is 29.3 Å². The maximum absolute atomic E-state index is 9.44. The summed E-state index contributed by atoms with van der Waals surface area (Å²) in [5.41, 5.74) is 0.930. The van der Waals surface area contributed by atoms with Crippen LogP contribution >= 0.6 is 11.3 Å². The monoisotopic (exact) mass is 309 g/mol. The van der Waals surface area contributed by atoms with Crippen molar-refractivity contribution in [2.24, 2.45) is 0 Å². The zero-order chi connectivity index (χ0) is 10.8. The molecule has 1 radical (unpaired) electrons. The number of phenols is 1. The summed E-state index contributed by atoms with van der Waals surface area (Å²) in [6, 6.07) is 5.18. The molecule has 1 aromatic heterocycles. The minimum atomic E-state index is 0. The molecule has 1 N–H and O–H groups in total. The van der Waals surface area contributed by atoms with Crippen LogP contribution in [0.5, 0.6) is 11.5 Å². The van der Waals surface area contributed by atoms with Gasteiger partial charge in [0.25, 0.3) is 0 Å². The molecule has 2 rings (SSSR count). The number of thiazole rings is 1. The third-order valence-corrected chi connectivity index (χ3v) is 2.91. The number of phenolic OH excluding ortho intramolecular Hbond substituents is 1. The number of methoxy groups -OCH3 is 1. The summed E-state index contributed by atoms with van der Waals surface area (Å²) in [6.07, 6.45) is 2.88. The summed E-state index contributed by atoms with van der Waals surface area (Å²) in [7, 11) is 1.53. The molecule has 0 saturated heterocycles. The molecule has 81 valence electrons. The fraction of sp³-hybridized carbons (Fsp3) is 0.182. The van der Waals surface area contributed by atoms with Crippen LogP contribution in [0.2, 0.25) is 0 Å². The minimum Gasteiger partial charge on any atom is -0.504 e. The van der Waals surface area contributed by atoms with Crippen LogP contribution in [-0.4, -0.2) is 17.2 Å². The molecule has 0 fully saturated rings. The zero-order valence-corrected chi connectivity index (χ0v) is 12.7. The average molecular weight is 309 g/mol. The van der Waals surface area contributed by atoms with Gasteiger partial charge in [0.2, 0.25) is 0 Å². The third-order valence-electron chi connectivity index (χ3n) is 1.99. The molecule has 0 aliphatic heterocycles. The van der Waals surface area contributed by atoms with Crippen molar-refractivity contribution in [1.29, 1.82) is 0 Å². The molecule has 0 spiro atoms. The van der Waals surface area contributed by atoms with E-state index in [9.17, 15) is 5.11 Å². The van der Waals surface area contributed by atoms with E-state index in [-0.39, 0.29) is 38.5 Å². The second-order valence-electron chi connectivity index (χ2n) is 3.07. The Hall–Kier alpha value is -0.446. The van der Waals surface area contributed by atoms with Crippen LogP contribution in [0, 0.1) is 13.1 Å². The molecule has 3 nitrogen and oxygen atoms in total. The van der Waals surface area contributed by atoms with Gasteiger partial charge in [-0.15, -0.1) is 6.20 Å². The number of aromatic hydroxyl groups is 1. The van der Waals surface area contributed by atoms with E-state index in [0.29, 0.717) is 5.75 Å². The van der Waals surface area contributed by atoms with Crippen LogP contribution < -0.4 is 4.74 Å². The van der Waals surface area contributed by atoms with E-state index in [4.69, 9.17) is 4.74 Å². The molecule has 1 aromatic carbocycles. The van der Waals surface area contributed by atoms with Crippen LogP contribution in [0.1, 0.15) is 4.88 Å². The normalized spacial score (nSPS) is 9.62. The Morgan fingerprint density at radius 2 is 2.19 bits per heavy atom. The predicted molar refractivity (Wildman–Crippen MR) is 59.3 cm³/mol. The Bertz CT molecular complexity index is 485. The van der Waals surface area contributed by atoms with E-state index >= 15 is 0 Å². The fourth-order valence-corrected chi connectivity index (χ4v) is 1.97. The molecular formula is C11H10NO2SY-. The van der Waals surface area contributed by atoms with Gasteiger partial charge in [0, 0.05) is 32.7 Å². The van der Waals surface area contributed by atoms with Crippen LogP contribution in [0.25, 0.3) is 10.6 Å². The van der Waals surface area contributed by atoms with E-state index in [2.05, 4.69) is 11.2 Å². The van der Waals surface area contributed by atoms with Gasteiger partial charge in [-0.3, -0.25) is 0 Å². The number of aryl methyl sites for hydroxylation is 1.